The second-order valence-corrected chi connectivity index (χ2v) is 4.02. The van der Waals surface area contributed by atoms with E-state index < -0.39 is 12.7 Å². The average Bonchev–Trinajstić information content (AvgIpc) is 2.32. The lowest BCUT2D eigenvalue weighted by Gasteiger charge is -2.14. The fourth-order valence-electron chi connectivity index (χ4n) is 1.47. The van der Waals surface area contributed by atoms with Crippen molar-refractivity contribution in [1.82, 2.24) is 0 Å². The quantitative estimate of drug-likeness (QED) is 0.742. The van der Waals surface area contributed by atoms with E-state index in [9.17, 15) is 13.2 Å². The third-order valence-corrected chi connectivity index (χ3v) is 2.37. The molecule has 5 heteroatoms. The standard InChI is InChI=1S/C13H18F3NO/c1-2-3-6-9-18-12-8-5-4-7-11(12)17-10-13(14,15)16/h4-5,7-8,17H,2-3,6,9-10H2,1H3. The first-order valence-electron chi connectivity index (χ1n) is 6.05. The molecule has 18 heavy (non-hydrogen) atoms. The van der Waals surface area contributed by atoms with Crippen molar-refractivity contribution in [2.45, 2.75) is 32.4 Å². The van der Waals surface area contributed by atoms with Gasteiger partial charge in [0.2, 0.25) is 0 Å². The van der Waals surface area contributed by atoms with Crippen LogP contribution in [-0.2, 0) is 0 Å². The zero-order valence-electron chi connectivity index (χ0n) is 10.4. The van der Waals surface area contributed by atoms with Crippen LogP contribution < -0.4 is 10.1 Å². The van der Waals surface area contributed by atoms with Gasteiger partial charge in [-0.15, -0.1) is 0 Å². The molecule has 0 aromatic heterocycles. The maximum Gasteiger partial charge on any atom is 0.405 e. The Hall–Kier alpha value is -1.39. The second kappa shape index (κ2) is 7.13. The van der Waals surface area contributed by atoms with Crippen molar-refractivity contribution in [2.75, 3.05) is 18.5 Å². The van der Waals surface area contributed by atoms with Crippen molar-refractivity contribution >= 4 is 5.69 Å². The van der Waals surface area contributed by atoms with Crippen LogP contribution in [0.5, 0.6) is 5.75 Å². The minimum atomic E-state index is -4.23. The summed E-state index contributed by atoms with van der Waals surface area (Å²) in [7, 11) is 0. The van der Waals surface area contributed by atoms with Crippen molar-refractivity contribution in [3.8, 4) is 5.75 Å². The smallest absolute Gasteiger partial charge is 0.405 e. The van der Waals surface area contributed by atoms with E-state index in [1.54, 1.807) is 24.3 Å². The summed E-state index contributed by atoms with van der Waals surface area (Å²) in [6, 6.07) is 6.68. The SMILES string of the molecule is CCCCCOc1ccccc1NCC(F)(F)F. The van der Waals surface area contributed by atoms with E-state index in [1.165, 1.54) is 0 Å². The van der Waals surface area contributed by atoms with Crippen molar-refractivity contribution in [3.63, 3.8) is 0 Å². The van der Waals surface area contributed by atoms with Gasteiger partial charge < -0.3 is 10.1 Å². The van der Waals surface area contributed by atoms with E-state index in [2.05, 4.69) is 12.2 Å². The van der Waals surface area contributed by atoms with Crippen LogP contribution in [0.4, 0.5) is 18.9 Å². The molecule has 0 saturated heterocycles. The Morgan fingerprint density at radius 1 is 1.17 bits per heavy atom. The van der Waals surface area contributed by atoms with E-state index in [1.807, 2.05) is 0 Å². The fraction of sp³-hybridized carbons (Fsp3) is 0.538. The summed E-state index contributed by atoms with van der Waals surface area (Å²) in [6.45, 7) is 1.56. The molecule has 0 spiro atoms. The van der Waals surface area contributed by atoms with Gasteiger partial charge in [-0.2, -0.15) is 13.2 Å². The van der Waals surface area contributed by atoms with Gasteiger partial charge in [-0.25, -0.2) is 0 Å². The highest BCUT2D eigenvalue weighted by atomic mass is 19.4. The van der Waals surface area contributed by atoms with Gasteiger partial charge in [0.1, 0.15) is 12.3 Å². The minimum absolute atomic E-state index is 0.381. The topological polar surface area (TPSA) is 21.3 Å². The van der Waals surface area contributed by atoms with Gasteiger partial charge in [0.15, 0.2) is 0 Å². The number of hydrogen-bond acceptors (Lipinski definition) is 2. The molecule has 0 saturated carbocycles. The molecule has 2 nitrogen and oxygen atoms in total. The molecule has 0 amide bonds. The number of hydrogen-bond donors (Lipinski definition) is 1. The van der Waals surface area contributed by atoms with Crippen LogP contribution in [0.15, 0.2) is 24.3 Å². The molecule has 102 valence electrons. The minimum Gasteiger partial charge on any atom is -0.491 e. The largest absolute Gasteiger partial charge is 0.491 e. The molecule has 1 rings (SSSR count). The third-order valence-electron chi connectivity index (χ3n) is 2.37. The van der Waals surface area contributed by atoms with Gasteiger partial charge in [0.05, 0.1) is 12.3 Å². The Kier molecular flexibility index (Phi) is 5.82. The molecule has 0 fully saturated rings. The molecule has 1 aromatic carbocycles. The lowest BCUT2D eigenvalue weighted by atomic mass is 10.2. The van der Waals surface area contributed by atoms with Crippen LogP contribution in [0.25, 0.3) is 0 Å². The lowest BCUT2D eigenvalue weighted by molar-refractivity contribution is -0.115. The molecule has 0 aliphatic carbocycles. The number of para-hydroxylation sites is 2. The summed E-state index contributed by atoms with van der Waals surface area (Å²) in [5.41, 5.74) is 0.381. The molecule has 0 aliphatic rings. The summed E-state index contributed by atoms with van der Waals surface area (Å²) < 4.78 is 41.8. The molecular weight excluding hydrogens is 243 g/mol. The van der Waals surface area contributed by atoms with Crippen molar-refractivity contribution in [2.24, 2.45) is 0 Å². The lowest BCUT2D eigenvalue weighted by Crippen LogP contribution is -2.21. The highest BCUT2D eigenvalue weighted by Crippen LogP contribution is 2.25. The Morgan fingerprint density at radius 3 is 2.56 bits per heavy atom. The number of nitrogens with one attached hydrogen (secondary N) is 1. The van der Waals surface area contributed by atoms with Crippen molar-refractivity contribution < 1.29 is 17.9 Å². The highest BCUT2D eigenvalue weighted by molar-refractivity contribution is 5.56. The van der Waals surface area contributed by atoms with Gasteiger partial charge in [-0.1, -0.05) is 31.9 Å². The van der Waals surface area contributed by atoms with Crippen molar-refractivity contribution in [3.05, 3.63) is 24.3 Å². The van der Waals surface area contributed by atoms with Gasteiger partial charge >= 0.3 is 6.18 Å². The molecule has 0 aliphatic heterocycles. The molecule has 1 N–H and O–H groups in total. The van der Waals surface area contributed by atoms with E-state index in [-0.39, 0.29) is 0 Å². The first-order valence-corrected chi connectivity index (χ1v) is 6.05. The molecule has 0 bridgehead atoms. The Bertz CT molecular complexity index is 352. The Balaban J connectivity index is 2.51. The van der Waals surface area contributed by atoms with Gasteiger partial charge in [0.25, 0.3) is 0 Å². The summed E-state index contributed by atoms with van der Waals surface area (Å²) >= 11 is 0. The van der Waals surface area contributed by atoms with E-state index in [0.29, 0.717) is 18.0 Å². The summed E-state index contributed by atoms with van der Waals surface area (Å²) in [6.07, 6.45) is -1.19. The van der Waals surface area contributed by atoms with Gasteiger partial charge in [0, 0.05) is 0 Å². The average molecular weight is 261 g/mol. The number of rotatable bonds is 7. The number of alkyl halides is 3. The summed E-state index contributed by atoms with van der Waals surface area (Å²) in [5, 5.41) is 2.34. The van der Waals surface area contributed by atoms with Gasteiger partial charge in [-0.3, -0.25) is 0 Å². The number of unbranched alkanes of at least 4 members (excludes halogenated alkanes) is 2. The fourth-order valence-corrected chi connectivity index (χ4v) is 1.47. The molecule has 0 heterocycles. The van der Waals surface area contributed by atoms with Crippen LogP contribution in [-0.4, -0.2) is 19.3 Å². The first kappa shape index (κ1) is 14.7. The summed E-state index contributed by atoms with van der Waals surface area (Å²) in [5.74, 6) is 0.470. The van der Waals surface area contributed by atoms with Crippen LogP contribution in [0.3, 0.4) is 0 Å². The number of ether oxygens (including phenoxy) is 1. The van der Waals surface area contributed by atoms with Crippen LogP contribution in [0.2, 0.25) is 0 Å². The third kappa shape index (κ3) is 5.80. The van der Waals surface area contributed by atoms with Crippen LogP contribution >= 0.6 is 0 Å². The predicted octanol–water partition coefficient (Wildman–Crippen LogP) is 4.23. The van der Waals surface area contributed by atoms with E-state index >= 15 is 0 Å². The monoisotopic (exact) mass is 261 g/mol. The maximum atomic E-state index is 12.1. The summed E-state index contributed by atoms with van der Waals surface area (Å²) in [4.78, 5) is 0. The maximum absolute atomic E-state index is 12.1. The number of halogens is 3. The van der Waals surface area contributed by atoms with Crippen molar-refractivity contribution in [1.29, 1.82) is 0 Å². The second-order valence-electron chi connectivity index (χ2n) is 4.02. The Labute approximate surface area is 105 Å². The molecule has 0 radical (unpaired) electrons. The zero-order valence-corrected chi connectivity index (χ0v) is 10.4. The molecular formula is C13H18F3NO. The normalized spacial score (nSPS) is 11.3. The number of benzene rings is 1. The first-order chi connectivity index (χ1) is 8.53. The molecule has 0 unspecified atom stereocenters. The van der Waals surface area contributed by atoms with Crippen LogP contribution in [0, 0.1) is 0 Å². The highest BCUT2D eigenvalue weighted by Gasteiger charge is 2.26. The van der Waals surface area contributed by atoms with Crippen LogP contribution in [0.1, 0.15) is 26.2 Å². The van der Waals surface area contributed by atoms with E-state index in [4.69, 9.17) is 4.74 Å². The van der Waals surface area contributed by atoms with E-state index in [0.717, 1.165) is 19.3 Å². The molecule has 0 atom stereocenters. The molecule has 1 aromatic rings. The number of anilines is 1. The predicted molar refractivity (Wildman–Crippen MR) is 66.0 cm³/mol. The van der Waals surface area contributed by atoms with Gasteiger partial charge in [-0.05, 0) is 18.6 Å². The Morgan fingerprint density at radius 2 is 1.89 bits per heavy atom. The zero-order chi connectivity index (χ0) is 13.4.